The fraction of sp³-hybridized carbons (Fsp3) is 0.462. The lowest BCUT2D eigenvalue weighted by Crippen LogP contribution is -2.39. The predicted molar refractivity (Wildman–Crippen MR) is 63.6 cm³/mol. The highest BCUT2D eigenvalue weighted by Crippen LogP contribution is 2.12. The van der Waals surface area contributed by atoms with Crippen LogP contribution in [0.15, 0.2) is 30.3 Å². The van der Waals surface area contributed by atoms with Gasteiger partial charge in [-0.15, -0.1) is 0 Å². The van der Waals surface area contributed by atoms with Crippen molar-refractivity contribution in [3.63, 3.8) is 0 Å². The Morgan fingerprint density at radius 2 is 2.24 bits per heavy atom. The molecule has 0 radical (unpaired) electrons. The average molecular weight is 235 g/mol. The van der Waals surface area contributed by atoms with E-state index >= 15 is 0 Å². The summed E-state index contributed by atoms with van der Waals surface area (Å²) < 4.78 is 10.5. The van der Waals surface area contributed by atoms with Gasteiger partial charge in [-0.1, -0.05) is 30.3 Å². The zero-order valence-corrected chi connectivity index (χ0v) is 9.89. The van der Waals surface area contributed by atoms with Crippen LogP contribution in [0.5, 0.6) is 0 Å². The number of rotatable bonds is 3. The number of ether oxygens (including phenoxy) is 2. The van der Waals surface area contributed by atoms with Crippen molar-refractivity contribution >= 4 is 6.09 Å². The van der Waals surface area contributed by atoms with Crippen molar-refractivity contribution in [3.8, 4) is 0 Å². The van der Waals surface area contributed by atoms with Crippen molar-refractivity contribution in [1.82, 2.24) is 5.32 Å². The minimum Gasteiger partial charge on any atom is -0.445 e. The van der Waals surface area contributed by atoms with Crippen LogP contribution in [-0.4, -0.2) is 24.8 Å². The quantitative estimate of drug-likeness (QED) is 0.872. The molecular weight excluding hydrogens is 218 g/mol. The molecule has 17 heavy (non-hydrogen) atoms. The van der Waals surface area contributed by atoms with Crippen LogP contribution in [0.4, 0.5) is 4.79 Å². The number of hydrogen-bond acceptors (Lipinski definition) is 3. The second-order valence-electron chi connectivity index (χ2n) is 4.18. The normalized spacial score (nSPS) is 23.4. The number of alkyl carbamates (subject to hydrolysis) is 1. The van der Waals surface area contributed by atoms with Gasteiger partial charge < -0.3 is 14.8 Å². The van der Waals surface area contributed by atoms with Gasteiger partial charge in [-0.25, -0.2) is 4.79 Å². The molecule has 4 heteroatoms. The molecule has 1 N–H and O–H groups in total. The van der Waals surface area contributed by atoms with E-state index < -0.39 is 0 Å². The summed E-state index contributed by atoms with van der Waals surface area (Å²) in [5, 5.41) is 2.81. The lowest BCUT2D eigenvalue weighted by atomic mass is 10.2. The Balaban J connectivity index is 1.74. The maximum atomic E-state index is 11.5. The number of benzene rings is 1. The molecule has 0 spiro atoms. The van der Waals surface area contributed by atoms with E-state index in [4.69, 9.17) is 9.47 Å². The zero-order valence-electron chi connectivity index (χ0n) is 9.89. The second kappa shape index (κ2) is 5.68. The Kier molecular flexibility index (Phi) is 3.98. The largest absolute Gasteiger partial charge is 0.445 e. The first-order valence-corrected chi connectivity index (χ1v) is 5.84. The summed E-state index contributed by atoms with van der Waals surface area (Å²) in [4.78, 5) is 11.5. The summed E-state index contributed by atoms with van der Waals surface area (Å²) in [6, 6.07) is 9.69. The lowest BCUT2D eigenvalue weighted by molar-refractivity contribution is 0.103. The van der Waals surface area contributed by atoms with E-state index in [0.717, 1.165) is 12.0 Å². The summed E-state index contributed by atoms with van der Waals surface area (Å²) in [5.41, 5.74) is 0.985. The van der Waals surface area contributed by atoms with Crippen molar-refractivity contribution in [2.75, 3.05) is 6.61 Å². The minimum atomic E-state index is -0.379. The summed E-state index contributed by atoms with van der Waals surface area (Å²) >= 11 is 0. The van der Waals surface area contributed by atoms with Crippen LogP contribution < -0.4 is 5.32 Å². The van der Waals surface area contributed by atoms with Crippen LogP contribution in [0.25, 0.3) is 0 Å². The molecule has 1 aromatic carbocycles. The standard InChI is InChI=1S/C13H17NO3/c1-10-12(7-8-16-10)14-13(15)17-9-11-5-3-2-4-6-11/h2-6,10,12H,7-9H2,1H3,(H,14,15)/t10-,12-/m0/s1. The topological polar surface area (TPSA) is 47.6 Å². The monoisotopic (exact) mass is 235 g/mol. The third-order valence-corrected chi connectivity index (χ3v) is 2.89. The number of carbonyl (C=O) groups is 1. The van der Waals surface area contributed by atoms with Gasteiger partial charge in [-0.2, -0.15) is 0 Å². The van der Waals surface area contributed by atoms with Gasteiger partial charge in [0.25, 0.3) is 0 Å². The van der Waals surface area contributed by atoms with Gasteiger partial charge in [0.05, 0.1) is 12.1 Å². The van der Waals surface area contributed by atoms with E-state index in [0.29, 0.717) is 13.2 Å². The smallest absolute Gasteiger partial charge is 0.407 e. The fourth-order valence-corrected chi connectivity index (χ4v) is 1.84. The zero-order chi connectivity index (χ0) is 12.1. The van der Waals surface area contributed by atoms with Crippen molar-refractivity contribution in [3.05, 3.63) is 35.9 Å². The van der Waals surface area contributed by atoms with Gasteiger partial charge >= 0.3 is 6.09 Å². The van der Waals surface area contributed by atoms with Gasteiger partial charge in [-0.05, 0) is 18.9 Å². The van der Waals surface area contributed by atoms with E-state index in [-0.39, 0.29) is 18.2 Å². The third kappa shape index (κ3) is 3.46. The SMILES string of the molecule is C[C@@H]1OCC[C@@H]1NC(=O)OCc1ccccc1. The van der Waals surface area contributed by atoms with Crippen LogP contribution in [0.2, 0.25) is 0 Å². The van der Waals surface area contributed by atoms with Gasteiger partial charge in [0, 0.05) is 6.61 Å². The summed E-state index contributed by atoms with van der Waals surface area (Å²) in [7, 11) is 0. The highest BCUT2D eigenvalue weighted by atomic mass is 16.5. The van der Waals surface area contributed by atoms with Crippen LogP contribution in [0.3, 0.4) is 0 Å². The Hall–Kier alpha value is -1.55. The minimum absolute atomic E-state index is 0.0678. The number of nitrogens with one attached hydrogen (secondary N) is 1. The van der Waals surface area contributed by atoms with E-state index in [1.807, 2.05) is 37.3 Å². The molecule has 1 saturated heterocycles. The highest BCUT2D eigenvalue weighted by Gasteiger charge is 2.25. The lowest BCUT2D eigenvalue weighted by Gasteiger charge is -2.15. The molecule has 0 aromatic heterocycles. The van der Waals surface area contributed by atoms with Crippen molar-refractivity contribution in [1.29, 1.82) is 0 Å². The van der Waals surface area contributed by atoms with E-state index in [2.05, 4.69) is 5.32 Å². The van der Waals surface area contributed by atoms with Gasteiger partial charge in [0.1, 0.15) is 6.61 Å². The van der Waals surface area contributed by atoms with Crippen LogP contribution in [0, 0.1) is 0 Å². The molecule has 0 bridgehead atoms. The second-order valence-corrected chi connectivity index (χ2v) is 4.18. The molecule has 0 unspecified atom stereocenters. The van der Waals surface area contributed by atoms with Gasteiger partial charge in [0.2, 0.25) is 0 Å². The first-order valence-electron chi connectivity index (χ1n) is 5.84. The first kappa shape index (κ1) is 11.9. The summed E-state index contributed by atoms with van der Waals surface area (Å²) in [6.45, 7) is 2.95. The maximum absolute atomic E-state index is 11.5. The van der Waals surface area contributed by atoms with Gasteiger partial charge in [0.15, 0.2) is 0 Å². The van der Waals surface area contributed by atoms with Crippen LogP contribution >= 0.6 is 0 Å². The van der Waals surface area contributed by atoms with E-state index in [1.54, 1.807) is 0 Å². The number of amides is 1. The van der Waals surface area contributed by atoms with E-state index in [1.165, 1.54) is 0 Å². The number of hydrogen-bond donors (Lipinski definition) is 1. The van der Waals surface area contributed by atoms with Crippen molar-refractivity contribution < 1.29 is 14.3 Å². The van der Waals surface area contributed by atoms with Crippen LogP contribution in [-0.2, 0) is 16.1 Å². The molecule has 1 fully saturated rings. The third-order valence-electron chi connectivity index (χ3n) is 2.89. The van der Waals surface area contributed by atoms with Gasteiger partial charge in [-0.3, -0.25) is 0 Å². The van der Waals surface area contributed by atoms with Crippen LogP contribution in [0.1, 0.15) is 18.9 Å². The molecule has 1 aliphatic heterocycles. The fourth-order valence-electron chi connectivity index (χ4n) is 1.84. The molecule has 1 aliphatic rings. The molecular formula is C13H17NO3. The Morgan fingerprint density at radius 3 is 2.88 bits per heavy atom. The van der Waals surface area contributed by atoms with Crippen molar-refractivity contribution in [2.24, 2.45) is 0 Å². The Morgan fingerprint density at radius 1 is 1.47 bits per heavy atom. The Bertz CT molecular complexity index is 366. The Labute approximate surface area is 101 Å². The van der Waals surface area contributed by atoms with Crippen molar-refractivity contribution in [2.45, 2.75) is 32.1 Å². The molecule has 1 heterocycles. The summed E-state index contributed by atoms with van der Waals surface area (Å²) in [6.07, 6.45) is 0.539. The maximum Gasteiger partial charge on any atom is 0.407 e. The van der Waals surface area contributed by atoms with E-state index in [9.17, 15) is 4.79 Å². The molecule has 92 valence electrons. The predicted octanol–water partition coefficient (Wildman–Crippen LogP) is 2.09. The highest BCUT2D eigenvalue weighted by molar-refractivity contribution is 5.67. The molecule has 2 rings (SSSR count). The molecule has 0 saturated carbocycles. The summed E-state index contributed by atoms with van der Waals surface area (Å²) in [5.74, 6) is 0. The molecule has 1 amide bonds. The molecule has 0 aliphatic carbocycles. The molecule has 2 atom stereocenters. The number of carbonyl (C=O) groups excluding carboxylic acids is 1. The molecule has 4 nitrogen and oxygen atoms in total. The molecule has 1 aromatic rings. The average Bonchev–Trinajstić information content (AvgIpc) is 2.74. The first-order chi connectivity index (χ1) is 8.25.